The van der Waals surface area contributed by atoms with Gasteiger partial charge in [0.15, 0.2) is 0 Å². The zero-order valence-corrected chi connectivity index (χ0v) is 18.7. The summed E-state index contributed by atoms with van der Waals surface area (Å²) < 4.78 is 46.7. The summed E-state index contributed by atoms with van der Waals surface area (Å²) in [5.74, 6) is 1.45. The van der Waals surface area contributed by atoms with Gasteiger partial charge in [0.25, 0.3) is 0 Å². The van der Waals surface area contributed by atoms with Crippen LogP contribution in [-0.4, -0.2) is 20.6 Å². The monoisotopic (exact) mass is 467 g/mol. The zero-order valence-electron chi connectivity index (χ0n) is 18.7. The molecule has 6 nitrogen and oxygen atoms in total. The summed E-state index contributed by atoms with van der Waals surface area (Å²) in [6.07, 6.45) is -1.16. The fourth-order valence-corrected chi connectivity index (χ4v) is 3.38. The first-order valence-corrected chi connectivity index (χ1v) is 10.7. The molecule has 9 heteroatoms. The number of rotatable bonds is 8. The fourth-order valence-electron chi connectivity index (χ4n) is 3.38. The molecular formula is C25H24F3N5O. The highest BCUT2D eigenvalue weighted by Crippen LogP contribution is 2.32. The molecule has 0 unspecified atom stereocenters. The third-order valence-electron chi connectivity index (χ3n) is 5.04. The molecule has 0 bridgehead atoms. The van der Waals surface area contributed by atoms with Gasteiger partial charge < -0.3 is 19.9 Å². The van der Waals surface area contributed by atoms with E-state index in [1.165, 1.54) is 12.4 Å². The first-order chi connectivity index (χ1) is 16.2. The molecule has 2 aromatic carbocycles. The van der Waals surface area contributed by atoms with Crippen molar-refractivity contribution in [2.45, 2.75) is 32.6 Å². The Hall–Kier alpha value is -3.85. The Morgan fingerprint density at radius 3 is 2.68 bits per heavy atom. The molecule has 34 heavy (non-hydrogen) atoms. The number of hydrogen-bond donors (Lipinski definition) is 2. The molecule has 2 aromatic heterocycles. The molecule has 4 rings (SSSR count). The van der Waals surface area contributed by atoms with Gasteiger partial charge in [0, 0.05) is 35.9 Å². The molecule has 0 aliphatic rings. The number of hydrogen-bond acceptors (Lipinski definition) is 5. The third-order valence-corrected chi connectivity index (χ3v) is 5.04. The summed E-state index contributed by atoms with van der Waals surface area (Å²) in [4.78, 5) is 8.42. The molecule has 0 aliphatic carbocycles. The Kier molecular flexibility index (Phi) is 6.56. The number of ether oxygens (including phenoxy) is 1. The normalized spacial score (nSPS) is 11.7. The summed E-state index contributed by atoms with van der Waals surface area (Å²) in [5.41, 5.74) is 1.22. The second-order valence-corrected chi connectivity index (χ2v) is 8.04. The van der Waals surface area contributed by atoms with Gasteiger partial charge in [-0.1, -0.05) is 26.5 Å². The van der Waals surface area contributed by atoms with Gasteiger partial charge in [-0.2, -0.15) is 13.2 Å². The number of aromatic nitrogens is 3. The molecule has 0 amide bonds. The van der Waals surface area contributed by atoms with Crippen molar-refractivity contribution < 1.29 is 17.9 Å². The largest absolute Gasteiger partial charge is 0.439 e. The highest BCUT2D eigenvalue weighted by Gasteiger charge is 2.30. The molecule has 0 fully saturated rings. The van der Waals surface area contributed by atoms with E-state index in [0.29, 0.717) is 35.7 Å². The van der Waals surface area contributed by atoms with Gasteiger partial charge in [0.05, 0.1) is 16.8 Å². The maximum atomic E-state index is 13.0. The van der Waals surface area contributed by atoms with Gasteiger partial charge >= 0.3 is 6.18 Å². The summed E-state index contributed by atoms with van der Waals surface area (Å²) in [5, 5.41) is 7.12. The molecule has 0 spiro atoms. The number of nitrogens with zero attached hydrogens (tertiary/aromatic N) is 3. The lowest BCUT2D eigenvalue weighted by Crippen LogP contribution is -2.22. The second-order valence-electron chi connectivity index (χ2n) is 8.04. The summed E-state index contributed by atoms with van der Waals surface area (Å²) in [7, 11) is 0. The van der Waals surface area contributed by atoms with Crippen LogP contribution in [0.3, 0.4) is 0 Å². The molecule has 4 aromatic rings. The van der Waals surface area contributed by atoms with Crippen molar-refractivity contribution in [2.75, 3.05) is 5.32 Å². The van der Waals surface area contributed by atoms with Crippen molar-refractivity contribution in [1.29, 1.82) is 0 Å². The van der Waals surface area contributed by atoms with Crippen LogP contribution in [0.15, 0.2) is 73.7 Å². The number of benzene rings is 2. The van der Waals surface area contributed by atoms with E-state index in [0.717, 1.165) is 28.7 Å². The Bertz CT molecular complexity index is 1310. The van der Waals surface area contributed by atoms with E-state index < -0.39 is 11.7 Å². The minimum absolute atomic E-state index is 0.299. The van der Waals surface area contributed by atoms with Crippen LogP contribution in [0.4, 0.5) is 18.9 Å². The molecule has 0 atom stereocenters. The smallest absolute Gasteiger partial charge is 0.416 e. The topological polar surface area (TPSA) is 64.0 Å². The number of anilines is 1. The molecule has 0 aliphatic heterocycles. The number of halogens is 3. The number of fused-ring (bicyclic) bond motifs is 1. The van der Waals surface area contributed by atoms with E-state index in [9.17, 15) is 13.2 Å². The van der Waals surface area contributed by atoms with Crippen molar-refractivity contribution in [3.63, 3.8) is 0 Å². The molecule has 0 radical (unpaired) electrons. The van der Waals surface area contributed by atoms with E-state index in [1.54, 1.807) is 29.0 Å². The Balaban J connectivity index is 1.49. The van der Waals surface area contributed by atoms with Crippen molar-refractivity contribution >= 4 is 22.4 Å². The molecule has 2 N–H and O–H groups in total. The van der Waals surface area contributed by atoms with Crippen molar-refractivity contribution in [3.8, 4) is 11.6 Å². The van der Waals surface area contributed by atoms with Gasteiger partial charge in [-0.15, -0.1) is 0 Å². The van der Waals surface area contributed by atoms with Gasteiger partial charge in [-0.3, -0.25) is 0 Å². The van der Waals surface area contributed by atoms with E-state index in [2.05, 4.69) is 41.0 Å². The first-order valence-electron chi connectivity index (χ1n) is 10.7. The summed E-state index contributed by atoms with van der Waals surface area (Å²) >= 11 is 0. The zero-order chi connectivity index (χ0) is 24.3. The third kappa shape index (κ3) is 5.55. The van der Waals surface area contributed by atoms with Gasteiger partial charge in [0.1, 0.15) is 17.9 Å². The lowest BCUT2D eigenvalue weighted by molar-refractivity contribution is -0.137. The second kappa shape index (κ2) is 9.56. The number of nitrogens with one attached hydrogen (secondary N) is 2. The molecular weight excluding hydrogens is 443 g/mol. The highest BCUT2D eigenvalue weighted by molar-refractivity contribution is 5.86. The van der Waals surface area contributed by atoms with Gasteiger partial charge in [-0.25, -0.2) is 9.97 Å². The maximum Gasteiger partial charge on any atom is 0.416 e. The van der Waals surface area contributed by atoms with Crippen LogP contribution < -0.4 is 15.4 Å². The van der Waals surface area contributed by atoms with Crippen LogP contribution in [-0.2, 0) is 12.7 Å². The standard InChI is InChI=1S/C25H24F3N5O/c1-16(2)29-14-21-13-24(31-15-30-21)34-22-7-8-23-18(11-22)9-10-33(23)17(3)32-20-6-4-5-19(12-20)25(26,27)28/h4-13,15-16,29,32H,3,14H2,1-2H3. The minimum atomic E-state index is -4.41. The van der Waals surface area contributed by atoms with E-state index in [4.69, 9.17) is 4.74 Å². The average molecular weight is 467 g/mol. The molecule has 2 heterocycles. The van der Waals surface area contributed by atoms with Crippen LogP contribution in [0.2, 0.25) is 0 Å². The lowest BCUT2D eigenvalue weighted by atomic mass is 10.2. The van der Waals surface area contributed by atoms with E-state index in [-0.39, 0.29) is 0 Å². The Morgan fingerprint density at radius 2 is 1.91 bits per heavy atom. The van der Waals surface area contributed by atoms with Gasteiger partial charge in [-0.05, 0) is 42.5 Å². The Labute approximate surface area is 195 Å². The van der Waals surface area contributed by atoms with Crippen LogP contribution in [0.5, 0.6) is 11.6 Å². The first kappa shape index (κ1) is 23.3. The van der Waals surface area contributed by atoms with Crippen LogP contribution >= 0.6 is 0 Å². The minimum Gasteiger partial charge on any atom is -0.439 e. The summed E-state index contributed by atoms with van der Waals surface area (Å²) in [6.45, 7) is 8.71. The van der Waals surface area contributed by atoms with Crippen molar-refractivity contribution in [1.82, 2.24) is 19.9 Å². The maximum absolute atomic E-state index is 13.0. The van der Waals surface area contributed by atoms with Crippen molar-refractivity contribution in [2.24, 2.45) is 0 Å². The van der Waals surface area contributed by atoms with Crippen LogP contribution in [0.1, 0.15) is 25.1 Å². The SMILES string of the molecule is C=C(Nc1cccc(C(F)(F)F)c1)n1ccc2cc(Oc3cc(CNC(C)C)ncn3)ccc21. The van der Waals surface area contributed by atoms with Crippen LogP contribution in [0.25, 0.3) is 16.7 Å². The fraction of sp³-hybridized carbons (Fsp3) is 0.200. The highest BCUT2D eigenvalue weighted by atomic mass is 19.4. The molecule has 0 saturated carbocycles. The predicted molar refractivity (Wildman–Crippen MR) is 126 cm³/mol. The lowest BCUT2D eigenvalue weighted by Gasteiger charge is -2.14. The predicted octanol–water partition coefficient (Wildman–Crippen LogP) is 6.28. The van der Waals surface area contributed by atoms with Crippen molar-refractivity contribution in [3.05, 3.63) is 85.0 Å². The number of alkyl halides is 3. The van der Waals surface area contributed by atoms with Crippen LogP contribution in [0, 0.1) is 0 Å². The van der Waals surface area contributed by atoms with Gasteiger partial charge in [0.2, 0.25) is 5.88 Å². The average Bonchev–Trinajstić information content (AvgIpc) is 3.21. The Morgan fingerprint density at radius 1 is 1.09 bits per heavy atom. The van der Waals surface area contributed by atoms with E-state index >= 15 is 0 Å². The summed E-state index contributed by atoms with van der Waals surface area (Å²) in [6, 6.07) is 14.5. The van der Waals surface area contributed by atoms with E-state index in [1.807, 2.05) is 18.2 Å². The molecule has 0 saturated heterocycles. The molecule has 176 valence electrons. The quantitative estimate of drug-likeness (QED) is 0.319.